The number of amides is 1. The summed E-state index contributed by atoms with van der Waals surface area (Å²) in [6, 6.07) is 9.68. The van der Waals surface area contributed by atoms with Gasteiger partial charge in [0.05, 0.1) is 22.5 Å². The zero-order valence-corrected chi connectivity index (χ0v) is 21.3. The lowest BCUT2D eigenvalue weighted by Crippen LogP contribution is -2.35. The molecule has 0 aromatic heterocycles. The molecule has 9 nitrogen and oxygen atoms in total. The number of sulfonamides is 2. The highest BCUT2D eigenvalue weighted by Crippen LogP contribution is 2.27. The summed E-state index contributed by atoms with van der Waals surface area (Å²) in [4.78, 5) is 14.7. The van der Waals surface area contributed by atoms with Gasteiger partial charge in [-0.25, -0.2) is 16.8 Å². The molecule has 1 heterocycles. The third kappa shape index (κ3) is 5.53. The van der Waals surface area contributed by atoms with E-state index in [9.17, 15) is 21.6 Å². The Morgan fingerprint density at radius 1 is 0.941 bits per heavy atom. The van der Waals surface area contributed by atoms with Crippen LogP contribution in [0.2, 0.25) is 0 Å². The zero-order chi connectivity index (χ0) is 24.9. The van der Waals surface area contributed by atoms with Crippen molar-refractivity contribution in [3.05, 3.63) is 48.0 Å². The average molecular weight is 510 g/mol. The summed E-state index contributed by atoms with van der Waals surface area (Å²) in [5, 5.41) is 0. The minimum Gasteiger partial charge on any atom is -0.496 e. The van der Waals surface area contributed by atoms with E-state index in [2.05, 4.69) is 4.72 Å². The molecule has 1 N–H and O–H groups in total. The number of nitrogens with one attached hydrogen (secondary N) is 1. The number of hydrogen-bond acceptors (Lipinski definition) is 6. The van der Waals surface area contributed by atoms with Gasteiger partial charge in [-0.1, -0.05) is 13.8 Å². The van der Waals surface area contributed by atoms with Gasteiger partial charge in [0.2, 0.25) is 10.0 Å². The predicted molar refractivity (Wildman–Crippen MR) is 130 cm³/mol. The quantitative estimate of drug-likeness (QED) is 0.556. The number of hydrogen-bond donors (Lipinski definition) is 1. The molecule has 0 unspecified atom stereocenters. The fourth-order valence-corrected chi connectivity index (χ4v) is 6.45. The standard InChI is InChI=1S/C23H31N3O6S2/c1-4-26(5-2)34(30,31)19-11-9-18(10-12-19)24-33(28,29)20-13-14-22(32-3)21(17-20)23(27)25-15-7-6-8-16-25/h9-14,17,24H,4-8,15-16H2,1-3H3. The summed E-state index contributed by atoms with van der Waals surface area (Å²) in [5.74, 6) is 0.0417. The molecule has 0 atom stereocenters. The Morgan fingerprint density at radius 3 is 2.09 bits per heavy atom. The molecule has 1 saturated heterocycles. The Kier molecular flexibility index (Phi) is 8.21. The predicted octanol–water partition coefficient (Wildman–Crippen LogP) is 3.15. The molecule has 1 fully saturated rings. The number of carbonyl (C=O) groups excluding carboxylic acids is 1. The van der Waals surface area contributed by atoms with Crippen LogP contribution < -0.4 is 9.46 Å². The number of piperidine rings is 1. The van der Waals surface area contributed by atoms with Crippen LogP contribution in [-0.4, -0.2) is 65.2 Å². The number of anilines is 1. The Hall–Kier alpha value is -2.63. The monoisotopic (exact) mass is 509 g/mol. The van der Waals surface area contributed by atoms with Crippen LogP contribution in [0.25, 0.3) is 0 Å². The second-order valence-corrected chi connectivity index (χ2v) is 11.6. The smallest absolute Gasteiger partial charge is 0.261 e. The van der Waals surface area contributed by atoms with Gasteiger partial charge in [0, 0.05) is 31.9 Å². The molecule has 0 aliphatic carbocycles. The third-order valence-corrected chi connectivity index (χ3v) is 9.25. The molecule has 1 aliphatic rings. The maximum absolute atomic E-state index is 13.0. The number of methoxy groups -OCH3 is 1. The lowest BCUT2D eigenvalue weighted by atomic mass is 10.1. The largest absolute Gasteiger partial charge is 0.496 e. The fraction of sp³-hybridized carbons (Fsp3) is 0.435. The molecule has 2 aromatic rings. The number of rotatable bonds is 9. The van der Waals surface area contributed by atoms with Crippen molar-refractivity contribution in [2.75, 3.05) is 38.0 Å². The van der Waals surface area contributed by atoms with Crippen LogP contribution >= 0.6 is 0 Å². The Balaban J connectivity index is 1.85. The summed E-state index contributed by atoms with van der Waals surface area (Å²) in [6.07, 6.45) is 2.88. The molecule has 0 bridgehead atoms. The molecule has 2 aromatic carbocycles. The summed E-state index contributed by atoms with van der Waals surface area (Å²) < 4.78 is 60.4. The molecule has 34 heavy (non-hydrogen) atoms. The molecule has 0 radical (unpaired) electrons. The normalized spacial score (nSPS) is 14.8. The van der Waals surface area contributed by atoms with Crippen LogP contribution in [0.1, 0.15) is 43.5 Å². The first kappa shape index (κ1) is 26.0. The van der Waals surface area contributed by atoms with Gasteiger partial charge in [0.25, 0.3) is 15.9 Å². The number of nitrogens with zero attached hydrogens (tertiary/aromatic N) is 2. The minimum atomic E-state index is -4.04. The molecule has 0 spiro atoms. The lowest BCUT2D eigenvalue weighted by molar-refractivity contribution is 0.0720. The molecule has 1 aliphatic heterocycles. The van der Waals surface area contributed by atoms with E-state index in [0.717, 1.165) is 19.3 Å². The summed E-state index contributed by atoms with van der Waals surface area (Å²) >= 11 is 0. The highest BCUT2D eigenvalue weighted by atomic mass is 32.2. The lowest BCUT2D eigenvalue weighted by Gasteiger charge is -2.27. The van der Waals surface area contributed by atoms with Gasteiger partial charge < -0.3 is 9.64 Å². The van der Waals surface area contributed by atoms with E-state index in [1.54, 1.807) is 18.7 Å². The second kappa shape index (κ2) is 10.7. The first-order valence-electron chi connectivity index (χ1n) is 11.2. The van der Waals surface area contributed by atoms with Crippen molar-refractivity contribution in [3.8, 4) is 5.75 Å². The first-order chi connectivity index (χ1) is 16.1. The van der Waals surface area contributed by atoms with Crippen molar-refractivity contribution < 1.29 is 26.4 Å². The van der Waals surface area contributed by atoms with Gasteiger partial charge >= 0.3 is 0 Å². The molecule has 3 rings (SSSR count). The van der Waals surface area contributed by atoms with Gasteiger partial charge in [-0.05, 0) is 61.7 Å². The van der Waals surface area contributed by atoms with Gasteiger partial charge in [-0.3, -0.25) is 9.52 Å². The topological polar surface area (TPSA) is 113 Å². The van der Waals surface area contributed by atoms with Crippen LogP contribution in [0.3, 0.4) is 0 Å². The Labute approximate surface area is 201 Å². The summed E-state index contributed by atoms with van der Waals surface area (Å²) in [5.41, 5.74) is 0.395. The van der Waals surface area contributed by atoms with Gasteiger partial charge in [-0.2, -0.15) is 4.31 Å². The molecule has 0 saturated carbocycles. The number of benzene rings is 2. The van der Waals surface area contributed by atoms with E-state index in [-0.39, 0.29) is 26.9 Å². The van der Waals surface area contributed by atoms with Crippen molar-refractivity contribution in [3.63, 3.8) is 0 Å². The van der Waals surface area contributed by atoms with E-state index in [0.29, 0.717) is 31.9 Å². The fourth-order valence-electron chi connectivity index (χ4n) is 3.91. The van der Waals surface area contributed by atoms with E-state index in [1.807, 2.05) is 0 Å². The first-order valence-corrected chi connectivity index (χ1v) is 14.2. The van der Waals surface area contributed by atoms with Crippen molar-refractivity contribution in [2.45, 2.75) is 42.9 Å². The highest BCUT2D eigenvalue weighted by Gasteiger charge is 2.25. The average Bonchev–Trinajstić information content (AvgIpc) is 2.84. The van der Waals surface area contributed by atoms with Crippen molar-refractivity contribution >= 4 is 31.6 Å². The molecule has 1 amide bonds. The van der Waals surface area contributed by atoms with Crippen molar-refractivity contribution in [1.29, 1.82) is 0 Å². The SMILES string of the molecule is CCN(CC)S(=O)(=O)c1ccc(NS(=O)(=O)c2ccc(OC)c(C(=O)N3CCCCC3)c2)cc1. The maximum atomic E-state index is 13.0. The van der Waals surface area contributed by atoms with Crippen molar-refractivity contribution in [1.82, 2.24) is 9.21 Å². The van der Waals surface area contributed by atoms with E-state index < -0.39 is 20.0 Å². The van der Waals surface area contributed by atoms with Gasteiger partial charge in [0.1, 0.15) is 5.75 Å². The zero-order valence-electron chi connectivity index (χ0n) is 19.7. The van der Waals surface area contributed by atoms with Crippen LogP contribution in [0.5, 0.6) is 5.75 Å². The number of ether oxygens (including phenoxy) is 1. The van der Waals surface area contributed by atoms with Gasteiger partial charge in [-0.15, -0.1) is 0 Å². The maximum Gasteiger partial charge on any atom is 0.261 e. The van der Waals surface area contributed by atoms with E-state index >= 15 is 0 Å². The van der Waals surface area contributed by atoms with Crippen molar-refractivity contribution in [2.24, 2.45) is 0 Å². The molecular weight excluding hydrogens is 478 g/mol. The van der Waals surface area contributed by atoms with E-state index in [1.165, 1.54) is 53.9 Å². The molecule has 11 heteroatoms. The van der Waals surface area contributed by atoms with Crippen LogP contribution in [-0.2, 0) is 20.0 Å². The summed E-state index contributed by atoms with van der Waals surface area (Å²) in [7, 11) is -6.25. The highest BCUT2D eigenvalue weighted by molar-refractivity contribution is 7.92. The number of carbonyl (C=O) groups is 1. The van der Waals surface area contributed by atoms with Crippen LogP contribution in [0.15, 0.2) is 52.3 Å². The molecule has 186 valence electrons. The van der Waals surface area contributed by atoms with Crippen LogP contribution in [0.4, 0.5) is 5.69 Å². The second-order valence-electron chi connectivity index (χ2n) is 7.93. The van der Waals surface area contributed by atoms with Crippen LogP contribution in [0, 0.1) is 0 Å². The Bertz CT molecular complexity index is 1220. The molecular formula is C23H31N3O6S2. The van der Waals surface area contributed by atoms with Gasteiger partial charge in [0.15, 0.2) is 0 Å². The minimum absolute atomic E-state index is 0.0815. The van der Waals surface area contributed by atoms with E-state index in [4.69, 9.17) is 4.74 Å². The number of likely N-dealkylation sites (tertiary alicyclic amines) is 1. The summed E-state index contributed by atoms with van der Waals surface area (Å²) in [6.45, 7) is 5.43. The Morgan fingerprint density at radius 2 is 1.53 bits per heavy atom. The third-order valence-electron chi connectivity index (χ3n) is 5.80.